The molecule has 0 saturated carbocycles. The summed E-state index contributed by atoms with van der Waals surface area (Å²) in [7, 11) is 0. The molecule has 1 aromatic heterocycles. The molecule has 1 heterocycles. The Bertz CT molecular complexity index is 315. The lowest BCUT2D eigenvalue weighted by Gasteiger charge is -2.14. The Morgan fingerprint density at radius 3 is 2.71 bits per heavy atom. The third kappa shape index (κ3) is 3.23. The quantitative estimate of drug-likeness (QED) is 0.918. The van der Waals surface area contributed by atoms with Crippen molar-refractivity contribution in [2.45, 2.75) is 26.3 Å². The second-order valence-electron chi connectivity index (χ2n) is 3.76. The first-order valence-corrected chi connectivity index (χ1v) is 5.74. The molecule has 1 rings (SSSR count). The van der Waals surface area contributed by atoms with Crippen molar-refractivity contribution in [3.05, 3.63) is 27.5 Å². The fourth-order valence-electron chi connectivity index (χ4n) is 1.32. The average molecular weight is 278 g/mol. The van der Waals surface area contributed by atoms with Gasteiger partial charge in [-0.3, -0.25) is 4.98 Å². The molecule has 1 atom stereocenters. The van der Waals surface area contributed by atoms with Crippen LogP contribution in [0.3, 0.4) is 0 Å². The SMILES string of the molecule is CC(C)CC(N)c1ncc(Br)cc1Cl. The topological polar surface area (TPSA) is 38.9 Å². The van der Waals surface area contributed by atoms with Crippen LogP contribution in [-0.2, 0) is 0 Å². The van der Waals surface area contributed by atoms with Crippen LogP contribution in [0.5, 0.6) is 0 Å². The van der Waals surface area contributed by atoms with Crippen molar-refractivity contribution in [1.29, 1.82) is 0 Å². The molecular weight excluding hydrogens is 263 g/mol. The standard InChI is InChI=1S/C10H14BrClN2/c1-6(2)3-9(13)10-8(12)4-7(11)5-14-10/h4-6,9H,3,13H2,1-2H3. The highest BCUT2D eigenvalue weighted by Crippen LogP contribution is 2.26. The van der Waals surface area contributed by atoms with Crippen LogP contribution in [0.2, 0.25) is 5.02 Å². The van der Waals surface area contributed by atoms with E-state index in [1.165, 1.54) is 0 Å². The van der Waals surface area contributed by atoms with E-state index in [0.29, 0.717) is 10.9 Å². The van der Waals surface area contributed by atoms with E-state index >= 15 is 0 Å². The molecule has 0 aromatic carbocycles. The highest BCUT2D eigenvalue weighted by atomic mass is 79.9. The molecule has 2 N–H and O–H groups in total. The molecule has 1 unspecified atom stereocenters. The van der Waals surface area contributed by atoms with Gasteiger partial charge in [0.25, 0.3) is 0 Å². The summed E-state index contributed by atoms with van der Waals surface area (Å²) in [6.07, 6.45) is 2.62. The van der Waals surface area contributed by atoms with Crippen molar-refractivity contribution < 1.29 is 0 Å². The van der Waals surface area contributed by atoms with E-state index in [1.807, 2.05) is 6.07 Å². The summed E-state index contributed by atoms with van der Waals surface area (Å²) in [4.78, 5) is 4.23. The van der Waals surface area contributed by atoms with Gasteiger partial charge < -0.3 is 5.73 Å². The van der Waals surface area contributed by atoms with Gasteiger partial charge in [0.05, 0.1) is 10.7 Å². The molecule has 0 bridgehead atoms. The first-order chi connectivity index (χ1) is 6.50. The number of hydrogen-bond acceptors (Lipinski definition) is 2. The maximum Gasteiger partial charge on any atom is 0.0757 e. The Kier molecular flexibility index (Phi) is 4.35. The summed E-state index contributed by atoms with van der Waals surface area (Å²) in [5.74, 6) is 0.548. The van der Waals surface area contributed by atoms with Crippen molar-refractivity contribution >= 4 is 27.5 Å². The molecule has 14 heavy (non-hydrogen) atoms. The predicted molar refractivity (Wildman–Crippen MR) is 63.3 cm³/mol. The Morgan fingerprint density at radius 1 is 1.57 bits per heavy atom. The van der Waals surface area contributed by atoms with Crippen LogP contribution < -0.4 is 5.73 Å². The minimum atomic E-state index is -0.0735. The lowest BCUT2D eigenvalue weighted by Crippen LogP contribution is -2.14. The van der Waals surface area contributed by atoms with Crippen LogP contribution in [0.1, 0.15) is 32.0 Å². The molecular formula is C10H14BrClN2. The number of aromatic nitrogens is 1. The van der Waals surface area contributed by atoms with Crippen molar-refractivity contribution in [3.63, 3.8) is 0 Å². The Labute approximate surface area is 98.0 Å². The summed E-state index contributed by atoms with van der Waals surface area (Å²) >= 11 is 9.34. The Balaban J connectivity index is 2.84. The fourth-order valence-corrected chi connectivity index (χ4v) is 2.09. The predicted octanol–water partition coefficient (Wildman–Crippen LogP) is 3.54. The lowest BCUT2D eigenvalue weighted by atomic mass is 10.0. The van der Waals surface area contributed by atoms with E-state index < -0.39 is 0 Å². The molecule has 0 amide bonds. The van der Waals surface area contributed by atoms with Crippen molar-refractivity contribution in [1.82, 2.24) is 4.98 Å². The zero-order valence-corrected chi connectivity index (χ0v) is 10.6. The van der Waals surface area contributed by atoms with Gasteiger partial charge in [-0.05, 0) is 34.3 Å². The molecule has 0 radical (unpaired) electrons. The van der Waals surface area contributed by atoms with Gasteiger partial charge in [0.2, 0.25) is 0 Å². The molecule has 0 aliphatic carbocycles. The molecule has 1 aromatic rings. The lowest BCUT2D eigenvalue weighted by molar-refractivity contribution is 0.502. The number of nitrogens with zero attached hydrogens (tertiary/aromatic N) is 1. The average Bonchev–Trinajstić information content (AvgIpc) is 2.01. The molecule has 0 saturated heterocycles. The van der Waals surface area contributed by atoms with Gasteiger partial charge in [-0.2, -0.15) is 0 Å². The molecule has 2 nitrogen and oxygen atoms in total. The van der Waals surface area contributed by atoms with E-state index in [-0.39, 0.29) is 6.04 Å². The highest BCUT2D eigenvalue weighted by molar-refractivity contribution is 9.10. The molecule has 0 fully saturated rings. The molecule has 78 valence electrons. The highest BCUT2D eigenvalue weighted by Gasteiger charge is 2.13. The van der Waals surface area contributed by atoms with Crippen molar-refractivity contribution in [2.75, 3.05) is 0 Å². The van der Waals surface area contributed by atoms with E-state index in [0.717, 1.165) is 16.6 Å². The Hall–Kier alpha value is -0.120. The van der Waals surface area contributed by atoms with Gasteiger partial charge in [-0.25, -0.2) is 0 Å². The summed E-state index contributed by atoms with van der Waals surface area (Å²) in [6.45, 7) is 4.26. The summed E-state index contributed by atoms with van der Waals surface area (Å²) in [6, 6.07) is 1.75. The fraction of sp³-hybridized carbons (Fsp3) is 0.500. The van der Waals surface area contributed by atoms with Crippen LogP contribution in [0.4, 0.5) is 0 Å². The third-order valence-electron chi connectivity index (χ3n) is 1.91. The van der Waals surface area contributed by atoms with Crippen LogP contribution in [0.25, 0.3) is 0 Å². The van der Waals surface area contributed by atoms with Crippen molar-refractivity contribution in [2.24, 2.45) is 11.7 Å². The number of hydrogen-bond donors (Lipinski definition) is 1. The summed E-state index contributed by atoms with van der Waals surface area (Å²) < 4.78 is 0.878. The van der Waals surface area contributed by atoms with Gasteiger partial charge >= 0.3 is 0 Å². The van der Waals surface area contributed by atoms with Gasteiger partial charge in [-0.15, -0.1) is 0 Å². The van der Waals surface area contributed by atoms with Gasteiger partial charge in [0.1, 0.15) is 0 Å². The molecule has 4 heteroatoms. The van der Waals surface area contributed by atoms with Crippen molar-refractivity contribution in [3.8, 4) is 0 Å². The number of pyridine rings is 1. The zero-order valence-electron chi connectivity index (χ0n) is 8.30. The number of halogens is 2. The van der Waals surface area contributed by atoms with E-state index in [1.54, 1.807) is 6.20 Å². The van der Waals surface area contributed by atoms with Crippen LogP contribution in [0, 0.1) is 5.92 Å². The van der Waals surface area contributed by atoms with E-state index in [4.69, 9.17) is 17.3 Å². The maximum atomic E-state index is 6.04. The van der Waals surface area contributed by atoms with Crippen LogP contribution >= 0.6 is 27.5 Å². The monoisotopic (exact) mass is 276 g/mol. The van der Waals surface area contributed by atoms with Gasteiger partial charge in [0.15, 0.2) is 0 Å². The molecule has 0 spiro atoms. The summed E-state index contributed by atoms with van der Waals surface area (Å²) in [5, 5.41) is 0.632. The van der Waals surface area contributed by atoms with Gasteiger partial charge in [0, 0.05) is 16.7 Å². The second kappa shape index (κ2) is 5.10. The van der Waals surface area contributed by atoms with Crippen LogP contribution in [-0.4, -0.2) is 4.98 Å². The van der Waals surface area contributed by atoms with E-state index in [2.05, 4.69) is 34.8 Å². The largest absolute Gasteiger partial charge is 0.323 e. The first kappa shape index (κ1) is 12.0. The second-order valence-corrected chi connectivity index (χ2v) is 5.08. The normalized spacial score (nSPS) is 13.3. The molecule has 0 aliphatic heterocycles. The molecule has 0 aliphatic rings. The van der Waals surface area contributed by atoms with Gasteiger partial charge in [-0.1, -0.05) is 25.4 Å². The van der Waals surface area contributed by atoms with E-state index in [9.17, 15) is 0 Å². The minimum absolute atomic E-state index is 0.0735. The Morgan fingerprint density at radius 2 is 2.21 bits per heavy atom. The smallest absolute Gasteiger partial charge is 0.0757 e. The third-order valence-corrected chi connectivity index (χ3v) is 2.65. The number of nitrogens with two attached hydrogens (primary N) is 1. The first-order valence-electron chi connectivity index (χ1n) is 4.57. The minimum Gasteiger partial charge on any atom is -0.323 e. The summed E-state index contributed by atoms with van der Waals surface area (Å²) in [5.41, 5.74) is 6.77. The van der Waals surface area contributed by atoms with Crippen LogP contribution in [0.15, 0.2) is 16.7 Å². The zero-order chi connectivity index (χ0) is 10.7. The number of rotatable bonds is 3. The maximum absolute atomic E-state index is 6.04.